The number of carboxylic acids is 1. The number of carbonyl (C=O) groups is 5. The van der Waals surface area contributed by atoms with Gasteiger partial charge in [-0.3, -0.25) is 19.2 Å². The Hall–Kier alpha value is -2.37. The maximum absolute atomic E-state index is 12.3. The molecule has 0 fully saturated rings. The fourth-order valence-corrected chi connectivity index (χ4v) is 2.44. The average molecular weight is 364 g/mol. The van der Waals surface area contributed by atoms with E-state index in [-0.39, 0.29) is 0 Å². The maximum Gasteiger partial charge on any atom is 0.361 e. The van der Waals surface area contributed by atoms with E-state index in [0.29, 0.717) is 20.8 Å². The normalized spacial score (nSPS) is 18.0. The van der Waals surface area contributed by atoms with Crippen LogP contribution in [-0.4, -0.2) is 79.9 Å². The number of Topliss-reactive ketones (excluding diaryl/α,β-unsaturated/α-hetero) is 2. The first-order chi connectivity index (χ1) is 11.3. The minimum Gasteiger partial charge on any atom is -0.478 e. The van der Waals surface area contributed by atoms with Crippen LogP contribution in [0, 0.1) is 0 Å². The fraction of sp³-hybridized carbons (Fsp3) is 0.643. The molecule has 0 amide bonds. The predicted molar refractivity (Wildman–Crippen MR) is 77.1 cm³/mol. The molecule has 0 aromatic carbocycles. The molecule has 0 saturated heterocycles. The monoisotopic (exact) mass is 364 g/mol. The fourth-order valence-electron chi connectivity index (χ4n) is 2.44. The second kappa shape index (κ2) is 8.14. The van der Waals surface area contributed by atoms with Crippen LogP contribution in [0.3, 0.4) is 0 Å². The third kappa shape index (κ3) is 3.83. The van der Waals surface area contributed by atoms with Crippen molar-refractivity contribution in [1.29, 1.82) is 0 Å². The summed E-state index contributed by atoms with van der Waals surface area (Å²) in [7, 11) is 0. The van der Waals surface area contributed by atoms with Crippen LogP contribution >= 0.6 is 0 Å². The van der Waals surface area contributed by atoms with Crippen LogP contribution in [0.1, 0.15) is 27.7 Å². The molecule has 0 rings (SSSR count). The highest BCUT2D eigenvalue weighted by molar-refractivity contribution is 6.14. The zero-order valence-corrected chi connectivity index (χ0v) is 14.0. The summed E-state index contributed by atoms with van der Waals surface area (Å²) in [5.74, 6) is -7.78. The second-order valence-corrected chi connectivity index (χ2v) is 5.22. The van der Waals surface area contributed by atoms with Gasteiger partial charge in [-0.2, -0.15) is 0 Å². The number of hydrogen-bond donors (Lipinski definition) is 4. The number of hydrogen-bond acceptors (Lipinski definition) is 10. The van der Waals surface area contributed by atoms with Gasteiger partial charge in [0.1, 0.15) is 12.2 Å². The summed E-state index contributed by atoms with van der Waals surface area (Å²) in [6.45, 7) is 1.53. The van der Waals surface area contributed by atoms with E-state index in [1.165, 1.54) is 0 Å². The van der Waals surface area contributed by atoms with Crippen molar-refractivity contribution in [3.05, 3.63) is 0 Å². The lowest BCUT2D eigenvalue weighted by Gasteiger charge is -2.45. The number of ether oxygens (including phenoxy) is 2. The Balaban J connectivity index is 7.10. The quantitative estimate of drug-likeness (QED) is 0.252. The smallest absolute Gasteiger partial charge is 0.361 e. The van der Waals surface area contributed by atoms with Crippen molar-refractivity contribution in [2.45, 2.75) is 51.1 Å². The Morgan fingerprint density at radius 3 is 1.56 bits per heavy atom. The van der Waals surface area contributed by atoms with Gasteiger partial charge in [0.15, 0.2) is 11.6 Å². The largest absolute Gasteiger partial charge is 0.478 e. The van der Waals surface area contributed by atoms with Crippen LogP contribution in [0.5, 0.6) is 0 Å². The van der Waals surface area contributed by atoms with Crippen LogP contribution in [-0.2, 0) is 33.4 Å². The van der Waals surface area contributed by atoms with Gasteiger partial charge in [-0.05, 0) is 13.8 Å². The molecule has 11 nitrogen and oxygen atoms in total. The van der Waals surface area contributed by atoms with Crippen LogP contribution < -0.4 is 0 Å². The molecule has 4 atom stereocenters. The van der Waals surface area contributed by atoms with Gasteiger partial charge in [-0.15, -0.1) is 0 Å². The van der Waals surface area contributed by atoms with Crippen molar-refractivity contribution in [3.8, 4) is 0 Å². The minimum atomic E-state index is -3.49. The van der Waals surface area contributed by atoms with Crippen molar-refractivity contribution < 1.29 is 53.9 Å². The number of aliphatic hydroxyl groups excluding tert-OH is 3. The number of carboxylic acid groups (broad SMARTS) is 1. The molecule has 0 saturated carbocycles. The Kier molecular flexibility index (Phi) is 7.37. The molecule has 0 aliphatic rings. The van der Waals surface area contributed by atoms with Gasteiger partial charge in [0.2, 0.25) is 0 Å². The highest BCUT2D eigenvalue weighted by atomic mass is 16.6. The molecule has 4 N–H and O–H groups in total. The molecule has 0 radical (unpaired) electrons. The summed E-state index contributed by atoms with van der Waals surface area (Å²) in [4.78, 5) is 59.1. The standard InChI is InChI=1S/C14H20O11/c1-6(16)13(24-8(3)18,11(21)10(20)5-15)14(7(2)17,12(22)23)25-9(4)19/h10-11,15,20-21H,5H2,1-4H3,(H,22,23)/t10-,11-,13+,14+/m1/s1. The van der Waals surface area contributed by atoms with E-state index in [1.807, 2.05) is 0 Å². The third-order valence-corrected chi connectivity index (χ3v) is 3.41. The summed E-state index contributed by atoms with van der Waals surface area (Å²) in [5, 5.41) is 38.5. The number of aliphatic carboxylic acids is 1. The van der Waals surface area contributed by atoms with E-state index in [4.69, 9.17) is 5.11 Å². The first kappa shape index (κ1) is 22.6. The van der Waals surface area contributed by atoms with E-state index in [2.05, 4.69) is 9.47 Å². The van der Waals surface area contributed by atoms with Crippen LogP contribution in [0.4, 0.5) is 0 Å². The molecule has 25 heavy (non-hydrogen) atoms. The molecule has 0 heterocycles. The Bertz CT molecular complexity index is 567. The average Bonchev–Trinajstić information content (AvgIpc) is 2.47. The molecule has 0 spiro atoms. The second-order valence-electron chi connectivity index (χ2n) is 5.22. The summed E-state index contributed by atoms with van der Waals surface area (Å²) in [6, 6.07) is 0. The van der Waals surface area contributed by atoms with Crippen molar-refractivity contribution in [3.63, 3.8) is 0 Å². The van der Waals surface area contributed by atoms with E-state index in [1.54, 1.807) is 0 Å². The summed E-state index contributed by atoms with van der Waals surface area (Å²) >= 11 is 0. The third-order valence-electron chi connectivity index (χ3n) is 3.41. The summed E-state index contributed by atoms with van der Waals surface area (Å²) in [6.07, 6.45) is -4.82. The van der Waals surface area contributed by atoms with Crippen molar-refractivity contribution >= 4 is 29.5 Å². The molecular formula is C14H20O11. The summed E-state index contributed by atoms with van der Waals surface area (Å²) < 4.78 is 9.25. The number of ketones is 2. The number of carbonyl (C=O) groups excluding carboxylic acids is 4. The van der Waals surface area contributed by atoms with Crippen molar-refractivity contribution in [1.82, 2.24) is 0 Å². The van der Waals surface area contributed by atoms with Gasteiger partial charge in [0, 0.05) is 13.8 Å². The van der Waals surface area contributed by atoms with E-state index in [0.717, 1.165) is 6.92 Å². The molecule has 0 aromatic rings. The topological polar surface area (TPSA) is 185 Å². The lowest BCUT2D eigenvalue weighted by Crippen LogP contribution is -2.76. The highest BCUT2D eigenvalue weighted by Gasteiger charge is 2.73. The molecule has 0 aromatic heterocycles. The number of aliphatic hydroxyl groups is 3. The molecule has 142 valence electrons. The molecule has 0 bridgehead atoms. The van der Waals surface area contributed by atoms with Crippen LogP contribution in [0.2, 0.25) is 0 Å². The van der Waals surface area contributed by atoms with E-state index >= 15 is 0 Å². The zero-order valence-electron chi connectivity index (χ0n) is 14.0. The van der Waals surface area contributed by atoms with E-state index in [9.17, 15) is 39.3 Å². The van der Waals surface area contributed by atoms with Crippen molar-refractivity contribution in [2.24, 2.45) is 0 Å². The molecule has 0 aliphatic carbocycles. The maximum atomic E-state index is 12.3. The predicted octanol–water partition coefficient (Wildman–Crippen LogP) is -2.43. The van der Waals surface area contributed by atoms with Gasteiger partial charge in [-0.25, -0.2) is 4.79 Å². The number of rotatable bonds is 9. The minimum absolute atomic E-state index is 0.621. The Morgan fingerprint density at radius 2 is 1.32 bits per heavy atom. The van der Waals surface area contributed by atoms with E-state index < -0.39 is 59.5 Å². The number of esters is 2. The van der Waals surface area contributed by atoms with Gasteiger partial charge >= 0.3 is 23.5 Å². The molecule has 0 unspecified atom stereocenters. The van der Waals surface area contributed by atoms with Gasteiger partial charge in [0.05, 0.1) is 6.61 Å². The molecular weight excluding hydrogens is 344 g/mol. The van der Waals surface area contributed by atoms with Crippen molar-refractivity contribution in [2.75, 3.05) is 6.61 Å². The van der Waals surface area contributed by atoms with Gasteiger partial charge in [0.25, 0.3) is 5.60 Å². The lowest BCUT2D eigenvalue weighted by molar-refractivity contribution is -0.242. The molecule has 11 heteroatoms. The molecule has 0 aliphatic heterocycles. The van der Waals surface area contributed by atoms with Gasteiger partial charge in [-0.1, -0.05) is 0 Å². The van der Waals surface area contributed by atoms with Crippen LogP contribution in [0.15, 0.2) is 0 Å². The lowest BCUT2D eigenvalue weighted by atomic mass is 9.71. The summed E-state index contributed by atoms with van der Waals surface area (Å²) in [5.41, 5.74) is -6.84. The highest BCUT2D eigenvalue weighted by Crippen LogP contribution is 2.38. The Morgan fingerprint density at radius 1 is 0.880 bits per heavy atom. The van der Waals surface area contributed by atoms with Crippen LogP contribution in [0.25, 0.3) is 0 Å². The zero-order chi connectivity index (χ0) is 20.2. The first-order valence-corrected chi connectivity index (χ1v) is 6.92. The first-order valence-electron chi connectivity index (χ1n) is 6.92. The van der Waals surface area contributed by atoms with Gasteiger partial charge < -0.3 is 29.9 Å². The SMILES string of the molecule is CC(=O)O[C@@](C(C)=O)(C(=O)O)[C@](OC(C)=O)(C(C)=O)[C@H](O)[C@H](O)CO. The Labute approximate surface area is 142 Å².